The van der Waals surface area contributed by atoms with Crippen LogP contribution >= 0.6 is 0 Å². The van der Waals surface area contributed by atoms with Gasteiger partial charge < -0.3 is 14.7 Å². The molecular formula is C12H17N3O3. The van der Waals surface area contributed by atoms with Gasteiger partial charge in [0, 0.05) is 24.8 Å². The smallest absolute Gasteiger partial charge is 0.305 e. The monoisotopic (exact) mass is 251 g/mol. The Kier molecular flexibility index (Phi) is 3.96. The highest BCUT2D eigenvalue weighted by Crippen LogP contribution is 2.25. The summed E-state index contributed by atoms with van der Waals surface area (Å²) in [6, 6.07) is 1.69. The molecular weight excluding hydrogens is 234 g/mol. The standard InChI is InChI=1S/C12H17N3O3/c1-2-18-10-5-6-13-12(14-10)15-7-3-4-9(15)8-11(16)17/h5-6,9H,2-4,7-8H2,1H3,(H,16,17). The number of nitrogens with zero attached hydrogens (tertiary/aromatic N) is 3. The summed E-state index contributed by atoms with van der Waals surface area (Å²) in [7, 11) is 0. The zero-order valence-electron chi connectivity index (χ0n) is 10.4. The third-order valence-electron chi connectivity index (χ3n) is 2.95. The lowest BCUT2D eigenvalue weighted by Gasteiger charge is -2.23. The molecule has 6 nitrogen and oxygen atoms in total. The summed E-state index contributed by atoms with van der Waals surface area (Å²) >= 11 is 0. The van der Waals surface area contributed by atoms with E-state index in [1.807, 2.05) is 11.8 Å². The molecule has 2 heterocycles. The van der Waals surface area contributed by atoms with Gasteiger partial charge in [0.25, 0.3) is 0 Å². The zero-order valence-corrected chi connectivity index (χ0v) is 10.4. The molecule has 0 aliphatic carbocycles. The number of rotatable bonds is 5. The summed E-state index contributed by atoms with van der Waals surface area (Å²) in [4.78, 5) is 21.3. The number of ether oxygens (including phenoxy) is 1. The van der Waals surface area contributed by atoms with Crippen LogP contribution < -0.4 is 9.64 Å². The van der Waals surface area contributed by atoms with Gasteiger partial charge in [0.2, 0.25) is 11.8 Å². The van der Waals surface area contributed by atoms with Gasteiger partial charge in [0.05, 0.1) is 13.0 Å². The SMILES string of the molecule is CCOc1ccnc(N2CCCC2CC(=O)O)n1. The minimum atomic E-state index is -0.784. The maximum Gasteiger partial charge on any atom is 0.305 e. The van der Waals surface area contributed by atoms with Crippen LogP contribution in [0.2, 0.25) is 0 Å². The lowest BCUT2D eigenvalue weighted by molar-refractivity contribution is -0.137. The van der Waals surface area contributed by atoms with E-state index in [4.69, 9.17) is 9.84 Å². The molecule has 98 valence electrons. The molecule has 1 aromatic rings. The number of aromatic nitrogens is 2. The summed E-state index contributed by atoms with van der Waals surface area (Å²) in [5.74, 6) is 0.307. The fourth-order valence-corrected chi connectivity index (χ4v) is 2.21. The first-order valence-electron chi connectivity index (χ1n) is 6.15. The van der Waals surface area contributed by atoms with Gasteiger partial charge >= 0.3 is 5.97 Å². The van der Waals surface area contributed by atoms with Crippen LogP contribution in [-0.2, 0) is 4.79 Å². The molecule has 1 aromatic heterocycles. The molecule has 1 atom stereocenters. The predicted octanol–water partition coefficient (Wildman–Crippen LogP) is 1.32. The molecule has 6 heteroatoms. The van der Waals surface area contributed by atoms with Crippen LogP contribution in [0.1, 0.15) is 26.2 Å². The summed E-state index contributed by atoms with van der Waals surface area (Å²) in [5.41, 5.74) is 0. The predicted molar refractivity (Wildman–Crippen MR) is 65.8 cm³/mol. The molecule has 1 aliphatic heterocycles. The molecule has 0 amide bonds. The average Bonchev–Trinajstić information content (AvgIpc) is 2.77. The maximum atomic E-state index is 10.8. The molecule has 0 spiro atoms. The Morgan fingerprint density at radius 2 is 2.50 bits per heavy atom. The van der Waals surface area contributed by atoms with Crippen molar-refractivity contribution in [3.05, 3.63) is 12.3 Å². The van der Waals surface area contributed by atoms with Gasteiger partial charge in [-0.25, -0.2) is 4.98 Å². The Morgan fingerprint density at radius 3 is 3.22 bits per heavy atom. The number of hydrogen-bond donors (Lipinski definition) is 1. The first-order chi connectivity index (χ1) is 8.70. The van der Waals surface area contributed by atoms with Crippen LogP contribution in [0, 0.1) is 0 Å². The Bertz CT molecular complexity index is 425. The lowest BCUT2D eigenvalue weighted by Crippen LogP contribution is -2.32. The van der Waals surface area contributed by atoms with Crippen LogP contribution in [0.4, 0.5) is 5.95 Å². The Hall–Kier alpha value is -1.85. The van der Waals surface area contributed by atoms with E-state index in [1.54, 1.807) is 12.3 Å². The lowest BCUT2D eigenvalue weighted by atomic mass is 10.1. The summed E-state index contributed by atoms with van der Waals surface area (Å²) in [5, 5.41) is 8.89. The van der Waals surface area contributed by atoms with Crippen molar-refractivity contribution in [1.29, 1.82) is 0 Å². The molecule has 1 N–H and O–H groups in total. The highest BCUT2D eigenvalue weighted by molar-refractivity contribution is 5.68. The number of carboxylic acids is 1. The third kappa shape index (κ3) is 2.88. The van der Waals surface area contributed by atoms with E-state index in [0.717, 1.165) is 19.4 Å². The first-order valence-corrected chi connectivity index (χ1v) is 6.15. The van der Waals surface area contributed by atoms with E-state index in [1.165, 1.54) is 0 Å². The second-order valence-corrected chi connectivity index (χ2v) is 4.22. The van der Waals surface area contributed by atoms with Gasteiger partial charge in [-0.3, -0.25) is 4.79 Å². The molecule has 0 radical (unpaired) electrons. The normalized spacial score (nSPS) is 18.9. The van der Waals surface area contributed by atoms with Gasteiger partial charge in [-0.15, -0.1) is 0 Å². The quantitative estimate of drug-likeness (QED) is 0.850. The van der Waals surface area contributed by atoms with Gasteiger partial charge in [-0.2, -0.15) is 4.98 Å². The second kappa shape index (κ2) is 5.66. The van der Waals surface area contributed by atoms with Gasteiger partial charge in [-0.05, 0) is 19.8 Å². The molecule has 1 saturated heterocycles. The third-order valence-corrected chi connectivity index (χ3v) is 2.95. The van der Waals surface area contributed by atoms with E-state index in [2.05, 4.69) is 9.97 Å². The maximum absolute atomic E-state index is 10.8. The Morgan fingerprint density at radius 1 is 1.67 bits per heavy atom. The molecule has 18 heavy (non-hydrogen) atoms. The van der Waals surface area contributed by atoms with Crippen LogP contribution in [0.15, 0.2) is 12.3 Å². The van der Waals surface area contributed by atoms with Crippen molar-refractivity contribution in [3.63, 3.8) is 0 Å². The Balaban J connectivity index is 2.13. The van der Waals surface area contributed by atoms with Gasteiger partial charge in [0.15, 0.2) is 0 Å². The van der Waals surface area contributed by atoms with E-state index in [0.29, 0.717) is 18.4 Å². The summed E-state index contributed by atoms with van der Waals surface area (Å²) in [6.07, 6.45) is 3.61. The number of anilines is 1. The van der Waals surface area contributed by atoms with E-state index < -0.39 is 5.97 Å². The van der Waals surface area contributed by atoms with Crippen molar-refractivity contribution in [2.75, 3.05) is 18.1 Å². The minimum absolute atomic E-state index is 0.0145. The number of aliphatic carboxylic acids is 1. The highest BCUT2D eigenvalue weighted by Gasteiger charge is 2.28. The molecule has 1 aliphatic rings. The fourth-order valence-electron chi connectivity index (χ4n) is 2.21. The second-order valence-electron chi connectivity index (χ2n) is 4.22. The highest BCUT2D eigenvalue weighted by atomic mass is 16.5. The molecule has 1 fully saturated rings. The van der Waals surface area contributed by atoms with Crippen molar-refractivity contribution >= 4 is 11.9 Å². The van der Waals surface area contributed by atoms with Crippen LogP contribution in [-0.4, -0.2) is 40.2 Å². The van der Waals surface area contributed by atoms with Gasteiger partial charge in [-0.1, -0.05) is 0 Å². The molecule has 0 aromatic carbocycles. The largest absolute Gasteiger partial charge is 0.481 e. The number of carboxylic acid groups (broad SMARTS) is 1. The Labute approximate surface area is 106 Å². The van der Waals surface area contributed by atoms with Crippen molar-refractivity contribution in [2.45, 2.75) is 32.2 Å². The van der Waals surface area contributed by atoms with Crippen LogP contribution in [0.3, 0.4) is 0 Å². The molecule has 0 saturated carbocycles. The van der Waals surface area contributed by atoms with Gasteiger partial charge in [0.1, 0.15) is 0 Å². The molecule has 1 unspecified atom stereocenters. The first kappa shape index (κ1) is 12.6. The van der Waals surface area contributed by atoms with Crippen molar-refractivity contribution < 1.29 is 14.6 Å². The van der Waals surface area contributed by atoms with Crippen LogP contribution in [0.25, 0.3) is 0 Å². The van der Waals surface area contributed by atoms with E-state index >= 15 is 0 Å². The van der Waals surface area contributed by atoms with E-state index in [9.17, 15) is 4.79 Å². The topological polar surface area (TPSA) is 75.5 Å². The number of hydrogen-bond acceptors (Lipinski definition) is 5. The zero-order chi connectivity index (χ0) is 13.0. The average molecular weight is 251 g/mol. The fraction of sp³-hybridized carbons (Fsp3) is 0.583. The molecule has 0 bridgehead atoms. The summed E-state index contributed by atoms with van der Waals surface area (Å²) < 4.78 is 5.33. The van der Waals surface area contributed by atoms with Crippen molar-refractivity contribution in [3.8, 4) is 5.88 Å². The minimum Gasteiger partial charge on any atom is -0.481 e. The molecule has 2 rings (SSSR count). The van der Waals surface area contributed by atoms with E-state index in [-0.39, 0.29) is 12.5 Å². The van der Waals surface area contributed by atoms with Crippen molar-refractivity contribution in [1.82, 2.24) is 9.97 Å². The number of carbonyl (C=O) groups is 1. The summed E-state index contributed by atoms with van der Waals surface area (Å²) in [6.45, 7) is 3.24. The van der Waals surface area contributed by atoms with Crippen molar-refractivity contribution in [2.24, 2.45) is 0 Å². The van der Waals surface area contributed by atoms with Crippen LogP contribution in [0.5, 0.6) is 5.88 Å².